The van der Waals surface area contributed by atoms with Crippen molar-refractivity contribution in [3.63, 3.8) is 0 Å². The minimum Gasteiger partial charge on any atom is -0.481 e. The van der Waals surface area contributed by atoms with Crippen molar-refractivity contribution in [2.24, 2.45) is 11.5 Å². The van der Waals surface area contributed by atoms with E-state index in [1.807, 2.05) is 0 Å². The van der Waals surface area contributed by atoms with E-state index in [1.165, 1.54) is 16.7 Å². The third-order valence-corrected chi connectivity index (χ3v) is 5.73. The molecular formula is C19H31N5O8S. The highest BCUT2D eigenvalue weighted by molar-refractivity contribution is 7.98. The van der Waals surface area contributed by atoms with Gasteiger partial charge in [0.05, 0.1) is 12.5 Å². The van der Waals surface area contributed by atoms with E-state index in [-0.39, 0.29) is 32.2 Å². The van der Waals surface area contributed by atoms with Gasteiger partial charge in [0.1, 0.15) is 18.1 Å². The molecule has 0 bridgehead atoms. The van der Waals surface area contributed by atoms with Gasteiger partial charge >= 0.3 is 11.9 Å². The average Bonchev–Trinajstić information content (AvgIpc) is 3.22. The summed E-state index contributed by atoms with van der Waals surface area (Å²) in [6.07, 6.45) is 1.68. The Morgan fingerprint density at radius 3 is 2.30 bits per heavy atom. The Bertz CT molecular complexity index is 764. The van der Waals surface area contributed by atoms with Crippen molar-refractivity contribution < 1.29 is 39.0 Å². The van der Waals surface area contributed by atoms with Crippen LogP contribution in [0.3, 0.4) is 0 Å². The minimum absolute atomic E-state index is 0.158. The molecule has 0 aromatic carbocycles. The predicted octanol–water partition coefficient (Wildman–Crippen LogP) is -2.15. The van der Waals surface area contributed by atoms with E-state index in [9.17, 15) is 33.9 Å². The number of carbonyl (C=O) groups is 6. The molecule has 0 aromatic rings. The molecule has 0 aromatic heterocycles. The number of nitrogens with one attached hydrogen (secondary N) is 2. The molecule has 0 radical (unpaired) electrons. The maximum absolute atomic E-state index is 12.9. The van der Waals surface area contributed by atoms with Crippen molar-refractivity contribution in [1.29, 1.82) is 0 Å². The van der Waals surface area contributed by atoms with Gasteiger partial charge in [0.2, 0.25) is 23.6 Å². The lowest BCUT2D eigenvalue weighted by Gasteiger charge is -2.28. The SMILES string of the molecule is CSCCC(NC(=O)C(CCC(N)=O)NC(=O)C1CCCN1C(=O)C(N)CC(=O)O)C(=O)O. The minimum atomic E-state index is -1.32. The van der Waals surface area contributed by atoms with Gasteiger partial charge < -0.3 is 37.2 Å². The topological polar surface area (TPSA) is 222 Å². The maximum atomic E-state index is 12.9. The van der Waals surface area contributed by atoms with Gasteiger partial charge in [0.15, 0.2) is 0 Å². The highest BCUT2D eigenvalue weighted by Gasteiger charge is 2.38. The van der Waals surface area contributed by atoms with Crippen LogP contribution in [-0.4, -0.2) is 93.4 Å². The van der Waals surface area contributed by atoms with Crippen LogP contribution < -0.4 is 22.1 Å². The third kappa shape index (κ3) is 9.26. The first-order valence-corrected chi connectivity index (χ1v) is 11.8. The first-order valence-electron chi connectivity index (χ1n) is 10.4. The first-order chi connectivity index (χ1) is 15.5. The number of nitrogens with two attached hydrogens (primary N) is 2. The molecule has 1 heterocycles. The molecule has 0 spiro atoms. The second-order valence-corrected chi connectivity index (χ2v) is 8.63. The highest BCUT2D eigenvalue weighted by Crippen LogP contribution is 2.19. The van der Waals surface area contributed by atoms with E-state index in [4.69, 9.17) is 16.6 Å². The van der Waals surface area contributed by atoms with Crippen LogP contribution in [0.5, 0.6) is 0 Å². The van der Waals surface area contributed by atoms with Gasteiger partial charge in [0, 0.05) is 13.0 Å². The first kappa shape index (κ1) is 28.2. The predicted molar refractivity (Wildman–Crippen MR) is 118 cm³/mol. The summed E-state index contributed by atoms with van der Waals surface area (Å²) in [4.78, 5) is 72.8. The zero-order chi connectivity index (χ0) is 25.1. The Balaban J connectivity index is 2.93. The molecule has 186 valence electrons. The second-order valence-electron chi connectivity index (χ2n) is 7.64. The normalized spacial score (nSPS) is 18.1. The largest absolute Gasteiger partial charge is 0.481 e. The molecule has 1 aliphatic heterocycles. The Labute approximate surface area is 195 Å². The van der Waals surface area contributed by atoms with Crippen molar-refractivity contribution in [1.82, 2.24) is 15.5 Å². The molecule has 14 heteroatoms. The smallest absolute Gasteiger partial charge is 0.326 e. The Kier molecular flexibility index (Phi) is 11.6. The summed E-state index contributed by atoms with van der Waals surface area (Å²) in [7, 11) is 0. The number of likely N-dealkylation sites (tertiary alicyclic amines) is 1. The van der Waals surface area contributed by atoms with Gasteiger partial charge in [-0.1, -0.05) is 0 Å². The van der Waals surface area contributed by atoms with Crippen molar-refractivity contribution in [2.45, 2.75) is 62.7 Å². The monoisotopic (exact) mass is 489 g/mol. The van der Waals surface area contributed by atoms with Crippen molar-refractivity contribution >= 4 is 47.3 Å². The van der Waals surface area contributed by atoms with Crippen molar-refractivity contribution in [3.05, 3.63) is 0 Å². The summed E-state index contributed by atoms with van der Waals surface area (Å²) in [6, 6.07) is -4.74. The molecule has 4 unspecified atom stereocenters. The van der Waals surface area contributed by atoms with Crippen LogP contribution in [0.1, 0.15) is 38.5 Å². The average molecular weight is 490 g/mol. The number of amides is 4. The molecule has 1 fully saturated rings. The molecule has 13 nitrogen and oxygen atoms in total. The molecule has 4 amide bonds. The van der Waals surface area contributed by atoms with Gasteiger partial charge in [-0.2, -0.15) is 11.8 Å². The van der Waals surface area contributed by atoms with Gasteiger partial charge in [-0.3, -0.25) is 24.0 Å². The maximum Gasteiger partial charge on any atom is 0.326 e. The van der Waals surface area contributed by atoms with E-state index < -0.39 is 66.2 Å². The third-order valence-electron chi connectivity index (χ3n) is 5.09. The lowest BCUT2D eigenvalue weighted by Crippen LogP contribution is -2.56. The van der Waals surface area contributed by atoms with Gasteiger partial charge in [-0.05, 0) is 37.7 Å². The lowest BCUT2D eigenvalue weighted by atomic mass is 10.1. The van der Waals surface area contributed by atoms with Crippen LogP contribution in [0.25, 0.3) is 0 Å². The molecule has 8 N–H and O–H groups in total. The number of carboxylic acid groups (broad SMARTS) is 2. The second kappa shape index (κ2) is 13.6. The molecule has 1 rings (SSSR count). The van der Waals surface area contributed by atoms with Gasteiger partial charge in [-0.15, -0.1) is 0 Å². The number of nitrogens with zero attached hydrogens (tertiary/aromatic N) is 1. The Hall–Kier alpha value is -2.87. The summed E-state index contributed by atoms with van der Waals surface area (Å²) >= 11 is 1.40. The fraction of sp³-hybridized carbons (Fsp3) is 0.684. The molecule has 0 saturated carbocycles. The van der Waals surface area contributed by atoms with Crippen LogP contribution in [0.15, 0.2) is 0 Å². The van der Waals surface area contributed by atoms with Crippen LogP contribution in [0, 0.1) is 0 Å². The summed E-state index contributed by atoms with van der Waals surface area (Å²) in [5.41, 5.74) is 10.8. The van der Waals surface area contributed by atoms with Crippen LogP contribution in [0.4, 0.5) is 0 Å². The van der Waals surface area contributed by atoms with Crippen molar-refractivity contribution in [2.75, 3.05) is 18.6 Å². The van der Waals surface area contributed by atoms with Crippen LogP contribution in [-0.2, 0) is 28.8 Å². The number of carboxylic acids is 2. The Morgan fingerprint density at radius 2 is 1.76 bits per heavy atom. The summed E-state index contributed by atoms with van der Waals surface area (Å²) in [6.45, 7) is 0.193. The molecule has 1 saturated heterocycles. The Morgan fingerprint density at radius 1 is 1.09 bits per heavy atom. The fourth-order valence-corrected chi connectivity index (χ4v) is 3.85. The van der Waals surface area contributed by atoms with E-state index in [0.717, 1.165) is 0 Å². The summed E-state index contributed by atoms with van der Waals surface area (Å²) < 4.78 is 0. The number of thioether (sulfide) groups is 1. The quantitative estimate of drug-likeness (QED) is 0.155. The lowest BCUT2D eigenvalue weighted by molar-refractivity contribution is -0.144. The standard InChI is InChI=1S/C19H31N5O8S/c1-33-8-6-12(19(31)32)23-16(28)11(4-5-14(21)25)22-17(29)13-3-2-7-24(13)18(30)10(20)9-15(26)27/h10-13H,2-9,20H2,1H3,(H2,21,25)(H,22,29)(H,23,28)(H,26,27)(H,31,32). The zero-order valence-corrected chi connectivity index (χ0v) is 19.1. The number of hydrogen-bond donors (Lipinski definition) is 6. The molecule has 0 aliphatic carbocycles. The highest BCUT2D eigenvalue weighted by atomic mass is 32.2. The van der Waals surface area contributed by atoms with E-state index >= 15 is 0 Å². The molecule has 1 aliphatic rings. The van der Waals surface area contributed by atoms with Crippen LogP contribution in [0.2, 0.25) is 0 Å². The number of hydrogen-bond acceptors (Lipinski definition) is 8. The number of aliphatic carboxylic acids is 2. The van der Waals surface area contributed by atoms with Crippen LogP contribution >= 0.6 is 11.8 Å². The van der Waals surface area contributed by atoms with E-state index in [1.54, 1.807) is 6.26 Å². The number of carbonyl (C=O) groups excluding carboxylic acids is 4. The summed E-state index contributed by atoms with van der Waals surface area (Å²) in [5.74, 6) is -4.91. The number of rotatable bonds is 14. The fourth-order valence-electron chi connectivity index (χ4n) is 3.38. The molecule has 33 heavy (non-hydrogen) atoms. The van der Waals surface area contributed by atoms with Gasteiger partial charge in [-0.25, -0.2) is 4.79 Å². The van der Waals surface area contributed by atoms with Gasteiger partial charge in [0.25, 0.3) is 0 Å². The molecule has 4 atom stereocenters. The summed E-state index contributed by atoms with van der Waals surface area (Å²) in [5, 5.41) is 23.0. The van der Waals surface area contributed by atoms with E-state index in [0.29, 0.717) is 12.2 Å². The number of primary amides is 1. The molecular weight excluding hydrogens is 458 g/mol. The zero-order valence-electron chi connectivity index (χ0n) is 18.3. The van der Waals surface area contributed by atoms with Crippen molar-refractivity contribution in [3.8, 4) is 0 Å². The van der Waals surface area contributed by atoms with E-state index in [2.05, 4.69) is 10.6 Å².